The molecule has 1 aliphatic carbocycles. The summed E-state index contributed by atoms with van der Waals surface area (Å²) < 4.78 is 2.30. The number of hydrogen-bond donors (Lipinski definition) is 1. The monoisotopic (exact) mass is 276 g/mol. The molecule has 112 valence electrons. The number of likely N-dealkylation sites (tertiary alicyclic amines) is 1. The summed E-state index contributed by atoms with van der Waals surface area (Å²) in [5.41, 5.74) is 7.48. The number of fused-ring (bicyclic) bond motifs is 1. The van der Waals surface area contributed by atoms with Crippen molar-refractivity contribution in [2.75, 3.05) is 13.1 Å². The quantitative estimate of drug-likeness (QED) is 0.899. The first-order valence-electron chi connectivity index (χ1n) is 8.31. The van der Waals surface area contributed by atoms with E-state index < -0.39 is 0 Å². The van der Waals surface area contributed by atoms with Crippen molar-refractivity contribution in [2.24, 2.45) is 11.7 Å². The lowest BCUT2D eigenvalue weighted by Gasteiger charge is -2.42. The molecule has 1 aromatic rings. The van der Waals surface area contributed by atoms with Crippen molar-refractivity contribution >= 4 is 0 Å². The van der Waals surface area contributed by atoms with E-state index in [9.17, 15) is 0 Å². The number of aromatic nitrogens is 2. The SMILES string of the molecule is CCCn1cncc1C(CN)N1CCCC2CCCC21. The van der Waals surface area contributed by atoms with Crippen LogP contribution in [0.5, 0.6) is 0 Å². The molecule has 0 bridgehead atoms. The molecule has 1 saturated heterocycles. The minimum atomic E-state index is 0.356. The van der Waals surface area contributed by atoms with Gasteiger partial charge in [0.25, 0.3) is 0 Å². The molecule has 3 atom stereocenters. The highest BCUT2D eigenvalue weighted by Gasteiger charge is 2.38. The Balaban J connectivity index is 1.83. The lowest BCUT2D eigenvalue weighted by atomic mass is 9.90. The first kappa shape index (κ1) is 14.1. The molecule has 0 spiro atoms. The van der Waals surface area contributed by atoms with Gasteiger partial charge < -0.3 is 10.3 Å². The van der Waals surface area contributed by atoms with Crippen LogP contribution in [0, 0.1) is 5.92 Å². The van der Waals surface area contributed by atoms with E-state index >= 15 is 0 Å². The van der Waals surface area contributed by atoms with Crippen molar-refractivity contribution in [2.45, 2.75) is 64.1 Å². The fourth-order valence-corrected chi connectivity index (χ4v) is 4.34. The third-order valence-electron chi connectivity index (χ3n) is 5.21. The van der Waals surface area contributed by atoms with Crippen molar-refractivity contribution in [3.8, 4) is 0 Å². The van der Waals surface area contributed by atoms with Crippen LogP contribution < -0.4 is 5.73 Å². The van der Waals surface area contributed by atoms with Crippen molar-refractivity contribution in [1.29, 1.82) is 0 Å². The first-order valence-corrected chi connectivity index (χ1v) is 8.31. The van der Waals surface area contributed by atoms with Crippen molar-refractivity contribution in [3.05, 3.63) is 18.2 Å². The van der Waals surface area contributed by atoms with Gasteiger partial charge in [0.1, 0.15) is 0 Å². The van der Waals surface area contributed by atoms with Crippen LogP contribution in [0.15, 0.2) is 12.5 Å². The van der Waals surface area contributed by atoms with Gasteiger partial charge in [0.15, 0.2) is 0 Å². The number of nitrogens with zero attached hydrogens (tertiary/aromatic N) is 3. The molecule has 20 heavy (non-hydrogen) atoms. The summed E-state index contributed by atoms with van der Waals surface area (Å²) in [5, 5.41) is 0. The number of rotatable bonds is 5. The van der Waals surface area contributed by atoms with Crippen LogP contribution in [-0.2, 0) is 6.54 Å². The molecule has 2 N–H and O–H groups in total. The number of hydrogen-bond acceptors (Lipinski definition) is 3. The van der Waals surface area contributed by atoms with Gasteiger partial charge in [-0.05, 0) is 44.6 Å². The average molecular weight is 276 g/mol. The van der Waals surface area contributed by atoms with Gasteiger partial charge in [-0.3, -0.25) is 4.90 Å². The molecule has 3 rings (SSSR count). The summed E-state index contributed by atoms with van der Waals surface area (Å²) in [5.74, 6) is 0.917. The highest BCUT2D eigenvalue weighted by atomic mass is 15.2. The lowest BCUT2D eigenvalue weighted by Crippen LogP contribution is -2.47. The Morgan fingerprint density at radius 1 is 1.35 bits per heavy atom. The molecular weight excluding hydrogens is 248 g/mol. The van der Waals surface area contributed by atoms with Gasteiger partial charge in [-0.25, -0.2) is 4.98 Å². The van der Waals surface area contributed by atoms with Gasteiger partial charge in [0.05, 0.1) is 18.1 Å². The van der Waals surface area contributed by atoms with Gasteiger partial charge in [-0.15, -0.1) is 0 Å². The average Bonchev–Trinajstić information content (AvgIpc) is 3.10. The minimum absolute atomic E-state index is 0.356. The van der Waals surface area contributed by atoms with Crippen molar-refractivity contribution in [3.63, 3.8) is 0 Å². The third kappa shape index (κ3) is 2.51. The molecule has 4 nitrogen and oxygen atoms in total. The Labute approximate surface area is 122 Å². The smallest absolute Gasteiger partial charge is 0.0948 e. The number of nitrogens with two attached hydrogens (primary N) is 1. The summed E-state index contributed by atoms with van der Waals surface area (Å²) in [6.07, 6.45) is 12.1. The van der Waals surface area contributed by atoms with Crippen LogP contribution >= 0.6 is 0 Å². The summed E-state index contributed by atoms with van der Waals surface area (Å²) in [6, 6.07) is 1.12. The van der Waals surface area contributed by atoms with E-state index in [1.165, 1.54) is 44.3 Å². The van der Waals surface area contributed by atoms with Crippen molar-refractivity contribution in [1.82, 2.24) is 14.5 Å². The van der Waals surface area contributed by atoms with Gasteiger partial charge in [0, 0.05) is 25.3 Å². The molecular formula is C16H28N4. The summed E-state index contributed by atoms with van der Waals surface area (Å²) in [4.78, 5) is 7.07. The third-order valence-corrected chi connectivity index (χ3v) is 5.21. The second kappa shape index (κ2) is 6.27. The number of piperidine rings is 1. The molecule has 1 saturated carbocycles. The van der Waals surface area contributed by atoms with Gasteiger partial charge in [0.2, 0.25) is 0 Å². The van der Waals surface area contributed by atoms with E-state index in [2.05, 4.69) is 21.4 Å². The molecule has 4 heteroatoms. The second-order valence-corrected chi connectivity index (χ2v) is 6.40. The highest BCUT2D eigenvalue weighted by molar-refractivity contribution is 5.09. The largest absolute Gasteiger partial charge is 0.333 e. The molecule has 1 aliphatic heterocycles. The topological polar surface area (TPSA) is 47.1 Å². The Morgan fingerprint density at radius 2 is 2.20 bits per heavy atom. The summed E-state index contributed by atoms with van der Waals surface area (Å²) in [7, 11) is 0. The predicted molar refractivity (Wildman–Crippen MR) is 81.4 cm³/mol. The molecule has 3 unspecified atom stereocenters. The molecule has 2 heterocycles. The van der Waals surface area contributed by atoms with Crippen LogP contribution in [0.3, 0.4) is 0 Å². The van der Waals surface area contributed by atoms with Crippen LogP contribution in [0.2, 0.25) is 0 Å². The normalized spacial score (nSPS) is 28.5. The Morgan fingerprint density at radius 3 is 3.00 bits per heavy atom. The minimum Gasteiger partial charge on any atom is -0.333 e. The van der Waals surface area contributed by atoms with Gasteiger partial charge in [-0.2, -0.15) is 0 Å². The zero-order valence-corrected chi connectivity index (χ0v) is 12.7. The second-order valence-electron chi connectivity index (χ2n) is 6.40. The molecule has 2 aliphatic rings. The number of imidazole rings is 1. The number of aryl methyl sites for hydroxylation is 1. The predicted octanol–water partition coefficient (Wildman–Crippen LogP) is 2.56. The Bertz CT molecular complexity index is 428. The molecule has 1 aromatic heterocycles. The summed E-state index contributed by atoms with van der Waals surface area (Å²) >= 11 is 0. The summed E-state index contributed by atoms with van der Waals surface area (Å²) in [6.45, 7) is 5.18. The highest BCUT2D eigenvalue weighted by Crippen LogP contribution is 2.40. The zero-order valence-electron chi connectivity index (χ0n) is 12.7. The van der Waals surface area contributed by atoms with E-state index in [1.807, 2.05) is 12.5 Å². The van der Waals surface area contributed by atoms with E-state index in [-0.39, 0.29) is 0 Å². The van der Waals surface area contributed by atoms with Crippen LogP contribution in [0.4, 0.5) is 0 Å². The van der Waals surface area contributed by atoms with E-state index in [1.54, 1.807) is 0 Å². The first-order chi connectivity index (χ1) is 9.85. The standard InChI is InChI=1S/C16H28N4/c1-2-8-19-12-18-11-16(19)15(10-17)20-9-4-6-13-5-3-7-14(13)20/h11-15H,2-10,17H2,1H3. The van der Waals surface area contributed by atoms with E-state index in [0.717, 1.165) is 24.9 Å². The fourth-order valence-electron chi connectivity index (χ4n) is 4.34. The van der Waals surface area contributed by atoms with Crippen LogP contribution in [0.1, 0.15) is 57.2 Å². The Hall–Kier alpha value is -0.870. The van der Waals surface area contributed by atoms with E-state index in [4.69, 9.17) is 5.73 Å². The molecule has 0 radical (unpaired) electrons. The maximum atomic E-state index is 6.16. The Kier molecular flexibility index (Phi) is 4.41. The molecule has 0 amide bonds. The maximum Gasteiger partial charge on any atom is 0.0948 e. The van der Waals surface area contributed by atoms with Gasteiger partial charge in [-0.1, -0.05) is 13.3 Å². The fraction of sp³-hybridized carbons (Fsp3) is 0.812. The van der Waals surface area contributed by atoms with Gasteiger partial charge >= 0.3 is 0 Å². The zero-order chi connectivity index (χ0) is 13.9. The molecule has 2 fully saturated rings. The molecule has 0 aromatic carbocycles. The van der Waals surface area contributed by atoms with Crippen LogP contribution in [0.25, 0.3) is 0 Å². The maximum absolute atomic E-state index is 6.16. The van der Waals surface area contributed by atoms with Crippen LogP contribution in [-0.4, -0.2) is 33.6 Å². The van der Waals surface area contributed by atoms with Crippen molar-refractivity contribution < 1.29 is 0 Å². The lowest BCUT2D eigenvalue weighted by molar-refractivity contribution is 0.0667. The van der Waals surface area contributed by atoms with E-state index in [0.29, 0.717) is 12.6 Å².